The van der Waals surface area contributed by atoms with Crippen molar-refractivity contribution < 1.29 is 0 Å². The molecule has 1 aromatic heterocycles. The number of nitrogens with one attached hydrogen (secondary N) is 1. The third kappa shape index (κ3) is 2.68. The highest BCUT2D eigenvalue weighted by molar-refractivity contribution is 5.86. The maximum Gasteiger partial charge on any atom is 0.149 e. The zero-order valence-corrected chi connectivity index (χ0v) is 13.7. The minimum Gasteiger partial charge on any atom is -0.330 e. The van der Waals surface area contributed by atoms with Crippen LogP contribution in [0.1, 0.15) is 25.1 Å². The molecule has 0 amide bonds. The minimum atomic E-state index is -0.165. The van der Waals surface area contributed by atoms with Crippen LogP contribution in [0.4, 0.5) is 0 Å². The van der Waals surface area contributed by atoms with Gasteiger partial charge in [0.25, 0.3) is 0 Å². The molecular formula is C20H22N4. The zero-order chi connectivity index (χ0) is 16.4. The molecule has 0 bridgehead atoms. The summed E-state index contributed by atoms with van der Waals surface area (Å²) in [4.78, 5) is 9.46. The van der Waals surface area contributed by atoms with Crippen LogP contribution in [0.25, 0.3) is 22.0 Å². The van der Waals surface area contributed by atoms with E-state index in [-0.39, 0.29) is 5.54 Å². The van der Waals surface area contributed by atoms with Crippen LogP contribution in [0.5, 0.6) is 0 Å². The SMILES string of the molecule is NCC[C@@]1(c2nccc(-c3ccc4ccccc4c3)n2)CCCN1. The molecule has 1 aliphatic heterocycles. The number of benzene rings is 2. The first-order chi connectivity index (χ1) is 11.8. The van der Waals surface area contributed by atoms with E-state index >= 15 is 0 Å². The molecule has 0 radical (unpaired) electrons. The molecule has 122 valence electrons. The fourth-order valence-corrected chi connectivity index (χ4v) is 3.67. The molecule has 0 spiro atoms. The van der Waals surface area contributed by atoms with Gasteiger partial charge in [-0.1, -0.05) is 36.4 Å². The lowest BCUT2D eigenvalue weighted by molar-refractivity contribution is 0.343. The fraction of sp³-hybridized carbons (Fsp3) is 0.300. The largest absolute Gasteiger partial charge is 0.330 e. The normalized spacial score (nSPS) is 20.5. The zero-order valence-electron chi connectivity index (χ0n) is 13.7. The van der Waals surface area contributed by atoms with Crippen molar-refractivity contribution in [2.45, 2.75) is 24.8 Å². The summed E-state index contributed by atoms with van der Waals surface area (Å²) < 4.78 is 0. The van der Waals surface area contributed by atoms with Gasteiger partial charge in [0.05, 0.1) is 11.2 Å². The molecule has 4 rings (SSSR count). The summed E-state index contributed by atoms with van der Waals surface area (Å²) in [6.45, 7) is 1.64. The van der Waals surface area contributed by atoms with Crippen LogP contribution in [0, 0.1) is 0 Å². The Morgan fingerprint density at radius 2 is 1.96 bits per heavy atom. The van der Waals surface area contributed by atoms with E-state index < -0.39 is 0 Å². The number of nitrogens with two attached hydrogens (primary N) is 1. The molecule has 1 aliphatic rings. The molecule has 0 saturated carbocycles. The Bertz CT molecular complexity index is 853. The van der Waals surface area contributed by atoms with Crippen molar-refractivity contribution in [1.82, 2.24) is 15.3 Å². The molecule has 4 nitrogen and oxygen atoms in total. The van der Waals surface area contributed by atoms with Crippen LogP contribution in [-0.4, -0.2) is 23.1 Å². The standard InChI is InChI=1S/C20H22N4/c21-11-10-20(9-3-12-23-20)19-22-13-8-18(24-19)17-7-6-15-4-1-2-5-16(15)14-17/h1-2,4-8,13-14,23H,3,9-12,21H2/t20-/m1/s1. The lowest BCUT2D eigenvalue weighted by atomic mass is 9.92. The molecular weight excluding hydrogens is 296 g/mol. The molecule has 1 saturated heterocycles. The van der Waals surface area contributed by atoms with E-state index in [0.717, 1.165) is 42.9 Å². The predicted molar refractivity (Wildman–Crippen MR) is 97.6 cm³/mol. The number of aromatic nitrogens is 2. The van der Waals surface area contributed by atoms with Crippen molar-refractivity contribution in [1.29, 1.82) is 0 Å². The van der Waals surface area contributed by atoms with Crippen molar-refractivity contribution in [3.63, 3.8) is 0 Å². The quantitative estimate of drug-likeness (QED) is 0.775. The number of hydrogen-bond donors (Lipinski definition) is 2. The average molecular weight is 318 g/mol. The van der Waals surface area contributed by atoms with E-state index in [0.29, 0.717) is 6.54 Å². The summed E-state index contributed by atoms with van der Waals surface area (Å²) in [6, 6.07) is 16.8. The van der Waals surface area contributed by atoms with Gasteiger partial charge in [0.2, 0.25) is 0 Å². The van der Waals surface area contributed by atoms with E-state index in [1.54, 1.807) is 0 Å². The number of hydrogen-bond acceptors (Lipinski definition) is 4. The lowest BCUT2D eigenvalue weighted by Crippen LogP contribution is -2.40. The van der Waals surface area contributed by atoms with Crippen LogP contribution in [0.15, 0.2) is 54.7 Å². The Morgan fingerprint density at radius 1 is 1.08 bits per heavy atom. The van der Waals surface area contributed by atoms with Gasteiger partial charge in [-0.2, -0.15) is 0 Å². The van der Waals surface area contributed by atoms with Gasteiger partial charge in [0, 0.05) is 11.8 Å². The predicted octanol–water partition coefficient (Wildman–Crippen LogP) is 3.22. The first-order valence-corrected chi connectivity index (χ1v) is 8.59. The Morgan fingerprint density at radius 3 is 2.75 bits per heavy atom. The summed E-state index contributed by atoms with van der Waals surface area (Å²) in [5.41, 5.74) is 7.77. The summed E-state index contributed by atoms with van der Waals surface area (Å²) in [6.07, 6.45) is 4.92. The van der Waals surface area contributed by atoms with Gasteiger partial charge >= 0.3 is 0 Å². The molecule has 4 heteroatoms. The Kier molecular flexibility index (Phi) is 4.00. The van der Waals surface area contributed by atoms with Gasteiger partial charge in [-0.15, -0.1) is 0 Å². The fourth-order valence-electron chi connectivity index (χ4n) is 3.67. The second kappa shape index (κ2) is 6.30. The highest BCUT2D eigenvalue weighted by Gasteiger charge is 2.37. The number of nitrogens with zero attached hydrogens (tertiary/aromatic N) is 2. The highest BCUT2D eigenvalue weighted by Crippen LogP contribution is 2.32. The van der Waals surface area contributed by atoms with E-state index in [9.17, 15) is 0 Å². The van der Waals surface area contributed by atoms with Gasteiger partial charge in [-0.3, -0.25) is 0 Å². The molecule has 1 fully saturated rings. The molecule has 2 aromatic carbocycles. The molecule has 24 heavy (non-hydrogen) atoms. The van der Waals surface area contributed by atoms with Crippen molar-refractivity contribution in [2.24, 2.45) is 5.73 Å². The van der Waals surface area contributed by atoms with Crippen LogP contribution in [-0.2, 0) is 5.54 Å². The van der Waals surface area contributed by atoms with E-state index in [1.807, 2.05) is 12.3 Å². The topological polar surface area (TPSA) is 63.8 Å². The van der Waals surface area contributed by atoms with Crippen LogP contribution >= 0.6 is 0 Å². The maximum absolute atomic E-state index is 5.85. The van der Waals surface area contributed by atoms with Crippen molar-refractivity contribution in [2.75, 3.05) is 13.1 Å². The van der Waals surface area contributed by atoms with Crippen molar-refractivity contribution >= 4 is 10.8 Å². The average Bonchev–Trinajstić information content (AvgIpc) is 3.12. The first-order valence-electron chi connectivity index (χ1n) is 8.59. The van der Waals surface area contributed by atoms with Crippen LogP contribution < -0.4 is 11.1 Å². The van der Waals surface area contributed by atoms with Gasteiger partial charge in [0.1, 0.15) is 5.82 Å². The second-order valence-corrected chi connectivity index (χ2v) is 6.48. The molecule has 3 aromatic rings. The Balaban J connectivity index is 1.76. The van der Waals surface area contributed by atoms with Crippen LogP contribution in [0.3, 0.4) is 0 Å². The Labute approximate surface area is 142 Å². The van der Waals surface area contributed by atoms with E-state index in [2.05, 4.69) is 52.8 Å². The molecule has 0 aliphatic carbocycles. The first kappa shape index (κ1) is 15.2. The number of rotatable bonds is 4. The second-order valence-electron chi connectivity index (χ2n) is 6.48. The molecule has 2 heterocycles. The summed E-state index contributed by atoms with van der Waals surface area (Å²) in [7, 11) is 0. The molecule has 3 N–H and O–H groups in total. The smallest absolute Gasteiger partial charge is 0.149 e. The lowest BCUT2D eigenvalue weighted by Gasteiger charge is -2.27. The van der Waals surface area contributed by atoms with Crippen LogP contribution in [0.2, 0.25) is 0 Å². The van der Waals surface area contributed by atoms with Crippen molar-refractivity contribution in [3.05, 3.63) is 60.6 Å². The monoisotopic (exact) mass is 318 g/mol. The van der Waals surface area contributed by atoms with Gasteiger partial charge in [-0.25, -0.2) is 9.97 Å². The number of fused-ring (bicyclic) bond motifs is 1. The van der Waals surface area contributed by atoms with Gasteiger partial charge in [0.15, 0.2) is 0 Å². The highest BCUT2D eigenvalue weighted by atomic mass is 15.1. The maximum atomic E-state index is 5.85. The third-order valence-electron chi connectivity index (χ3n) is 4.94. The molecule has 0 unspecified atom stereocenters. The summed E-state index contributed by atoms with van der Waals surface area (Å²) in [5.74, 6) is 0.871. The Hall–Kier alpha value is -2.30. The van der Waals surface area contributed by atoms with E-state index in [4.69, 9.17) is 10.7 Å². The summed E-state index contributed by atoms with van der Waals surface area (Å²) >= 11 is 0. The van der Waals surface area contributed by atoms with Gasteiger partial charge < -0.3 is 11.1 Å². The molecule has 1 atom stereocenters. The van der Waals surface area contributed by atoms with Gasteiger partial charge in [-0.05, 0) is 55.3 Å². The van der Waals surface area contributed by atoms with E-state index in [1.165, 1.54) is 10.8 Å². The summed E-state index contributed by atoms with van der Waals surface area (Å²) in [5, 5.41) is 6.06. The third-order valence-corrected chi connectivity index (χ3v) is 4.94. The minimum absolute atomic E-state index is 0.165. The van der Waals surface area contributed by atoms with Crippen molar-refractivity contribution in [3.8, 4) is 11.3 Å².